The van der Waals surface area contributed by atoms with Gasteiger partial charge in [-0.05, 0) is 41.8 Å². The van der Waals surface area contributed by atoms with Gasteiger partial charge in [-0.3, -0.25) is 9.59 Å². The minimum atomic E-state index is -0.860. The summed E-state index contributed by atoms with van der Waals surface area (Å²) >= 11 is 5.86. The zero-order valence-corrected chi connectivity index (χ0v) is 12.6. The van der Waals surface area contributed by atoms with Crippen LogP contribution in [0, 0.1) is 0 Å². The number of amides is 1. The fourth-order valence-corrected chi connectivity index (χ4v) is 2.13. The van der Waals surface area contributed by atoms with E-state index in [1.165, 1.54) is 0 Å². The number of nitrogens with one attached hydrogen (secondary N) is 1. The number of halogens is 1. The summed E-state index contributed by atoms with van der Waals surface area (Å²) in [5.74, 6) is -1.06. The molecule has 2 N–H and O–H groups in total. The van der Waals surface area contributed by atoms with Gasteiger partial charge in [0, 0.05) is 23.6 Å². The SMILES string of the molecule is O=C(O)CCCNC(=O)c1ccc(-c2ccc(Cl)cc2)cc1. The van der Waals surface area contributed by atoms with Gasteiger partial charge in [-0.25, -0.2) is 0 Å². The van der Waals surface area contributed by atoms with Gasteiger partial charge in [0.15, 0.2) is 0 Å². The van der Waals surface area contributed by atoms with Crippen molar-refractivity contribution in [3.8, 4) is 11.1 Å². The monoisotopic (exact) mass is 317 g/mol. The third-order valence-corrected chi connectivity index (χ3v) is 3.43. The van der Waals surface area contributed by atoms with Crippen molar-refractivity contribution in [2.75, 3.05) is 6.54 Å². The van der Waals surface area contributed by atoms with Crippen molar-refractivity contribution in [1.29, 1.82) is 0 Å². The Kier molecular flexibility index (Phi) is 5.55. The molecular formula is C17H16ClNO3. The molecule has 2 aromatic rings. The smallest absolute Gasteiger partial charge is 0.303 e. The molecule has 0 spiro atoms. The maximum atomic E-state index is 11.9. The number of hydrogen-bond acceptors (Lipinski definition) is 2. The van der Waals surface area contributed by atoms with E-state index in [1.807, 2.05) is 36.4 Å². The maximum Gasteiger partial charge on any atom is 0.303 e. The summed E-state index contributed by atoms with van der Waals surface area (Å²) in [4.78, 5) is 22.3. The Morgan fingerprint density at radius 1 is 0.955 bits per heavy atom. The first-order chi connectivity index (χ1) is 10.6. The van der Waals surface area contributed by atoms with Crippen molar-refractivity contribution in [2.45, 2.75) is 12.8 Å². The summed E-state index contributed by atoms with van der Waals surface area (Å²) in [7, 11) is 0. The largest absolute Gasteiger partial charge is 0.481 e. The Morgan fingerprint density at radius 2 is 1.50 bits per heavy atom. The van der Waals surface area contributed by atoms with Crippen LogP contribution in [0.4, 0.5) is 0 Å². The zero-order valence-electron chi connectivity index (χ0n) is 11.9. The lowest BCUT2D eigenvalue weighted by Crippen LogP contribution is -2.24. The lowest BCUT2D eigenvalue weighted by Gasteiger charge is -2.06. The van der Waals surface area contributed by atoms with E-state index in [0.29, 0.717) is 23.6 Å². The summed E-state index contributed by atoms with van der Waals surface area (Å²) in [5.41, 5.74) is 2.57. The first kappa shape index (κ1) is 16.0. The Bertz CT molecular complexity index is 651. The number of carboxylic acid groups (broad SMARTS) is 1. The average molecular weight is 318 g/mol. The minimum Gasteiger partial charge on any atom is -0.481 e. The molecule has 2 rings (SSSR count). The van der Waals surface area contributed by atoms with Crippen LogP contribution in [-0.4, -0.2) is 23.5 Å². The van der Waals surface area contributed by atoms with Crippen LogP contribution in [-0.2, 0) is 4.79 Å². The average Bonchev–Trinajstić information content (AvgIpc) is 2.52. The molecule has 22 heavy (non-hydrogen) atoms. The third-order valence-electron chi connectivity index (χ3n) is 3.18. The number of carbonyl (C=O) groups is 2. The highest BCUT2D eigenvalue weighted by atomic mass is 35.5. The van der Waals surface area contributed by atoms with E-state index in [9.17, 15) is 9.59 Å². The first-order valence-corrected chi connectivity index (χ1v) is 7.30. The van der Waals surface area contributed by atoms with Gasteiger partial charge in [0.1, 0.15) is 0 Å². The van der Waals surface area contributed by atoms with Crippen LogP contribution in [0.25, 0.3) is 11.1 Å². The van der Waals surface area contributed by atoms with Gasteiger partial charge in [-0.15, -0.1) is 0 Å². The van der Waals surface area contributed by atoms with Gasteiger partial charge >= 0.3 is 5.97 Å². The Morgan fingerprint density at radius 3 is 2.05 bits per heavy atom. The van der Waals surface area contributed by atoms with E-state index >= 15 is 0 Å². The predicted molar refractivity (Wildman–Crippen MR) is 86.1 cm³/mol. The number of benzene rings is 2. The van der Waals surface area contributed by atoms with Gasteiger partial charge in [-0.1, -0.05) is 35.9 Å². The lowest BCUT2D eigenvalue weighted by molar-refractivity contribution is -0.137. The van der Waals surface area contributed by atoms with Crippen LogP contribution in [0.5, 0.6) is 0 Å². The van der Waals surface area contributed by atoms with Crippen LogP contribution in [0.15, 0.2) is 48.5 Å². The Hall–Kier alpha value is -2.33. The second-order valence-electron chi connectivity index (χ2n) is 4.84. The molecule has 114 valence electrons. The van der Waals surface area contributed by atoms with Crippen molar-refractivity contribution >= 4 is 23.5 Å². The molecule has 4 nitrogen and oxygen atoms in total. The summed E-state index contributed by atoms with van der Waals surface area (Å²) in [6, 6.07) is 14.7. The van der Waals surface area contributed by atoms with E-state index in [2.05, 4.69) is 5.32 Å². The molecule has 2 aromatic carbocycles. The number of hydrogen-bond donors (Lipinski definition) is 2. The Labute approximate surface area is 133 Å². The molecular weight excluding hydrogens is 302 g/mol. The highest BCUT2D eigenvalue weighted by molar-refractivity contribution is 6.30. The molecule has 5 heteroatoms. The second kappa shape index (κ2) is 7.61. The van der Waals surface area contributed by atoms with Gasteiger partial charge in [0.25, 0.3) is 5.91 Å². The molecule has 0 aromatic heterocycles. The van der Waals surface area contributed by atoms with Crippen molar-refractivity contribution in [2.24, 2.45) is 0 Å². The highest BCUT2D eigenvalue weighted by Gasteiger charge is 2.06. The normalized spacial score (nSPS) is 10.2. The van der Waals surface area contributed by atoms with E-state index in [1.54, 1.807) is 12.1 Å². The molecule has 0 aliphatic carbocycles. The molecule has 0 saturated carbocycles. The van der Waals surface area contributed by atoms with E-state index in [0.717, 1.165) is 11.1 Å². The van der Waals surface area contributed by atoms with Gasteiger partial charge in [0.05, 0.1) is 0 Å². The number of rotatable bonds is 6. The van der Waals surface area contributed by atoms with Crippen molar-refractivity contribution in [3.05, 3.63) is 59.1 Å². The standard InChI is InChI=1S/C17H16ClNO3/c18-15-9-7-13(8-10-15)12-3-5-14(6-4-12)17(22)19-11-1-2-16(20)21/h3-10H,1-2,11H2,(H,19,22)(H,20,21). The first-order valence-electron chi connectivity index (χ1n) is 6.92. The van der Waals surface area contributed by atoms with Crippen LogP contribution in [0.2, 0.25) is 5.02 Å². The van der Waals surface area contributed by atoms with Crippen LogP contribution in [0.1, 0.15) is 23.2 Å². The highest BCUT2D eigenvalue weighted by Crippen LogP contribution is 2.21. The third kappa shape index (κ3) is 4.60. The van der Waals surface area contributed by atoms with Crippen molar-refractivity contribution in [3.63, 3.8) is 0 Å². The van der Waals surface area contributed by atoms with Crippen molar-refractivity contribution < 1.29 is 14.7 Å². The Balaban J connectivity index is 1.95. The molecule has 1 amide bonds. The molecule has 0 heterocycles. The van der Waals surface area contributed by atoms with E-state index in [-0.39, 0.29) is 12.3 Å². The zero-order chi connectivity index (χ0) is 15.9. The van der Waals surface area contributed by atoms with Gasteiger partial charge in [0.2, 0.25) is 0 Å². The fraction of sp³-hybridized carbons (Fsp3) is 0.176. The molecule has 0 aliphatic heterocycles. The van der Waals surface area contributed by atoms with Gasteiger partial charge in [-0.2, -0.15) is 0 Å². The topological polar surface area (TPSA) is 66.4 Å². The molecule has 0 aliphatic rings. The van der Waals surface area contributed by atoms with Crippen LogP contribution < -0.4 is 5.32 Å². The van der Waals surface area contributed by atoms with Crippen LogP contribution in [0.3, 0.4) is 0 Å². The van der Waals surface area contributed by atoms with E-state index in [4.69, 9.17) is 16.7 Å². The quantitative estimate of drug-likeness (QED) is 0.800. The summed E-state index contributed by atoms with van der Waals surface area (Å²) < 4.78 is 0. The van der Waals surface area contributed by atoms with Gasteiger partial charge < -0.3 is 10.4 Å². The number of carboxylic acids is 1. The molecule has 0 radical (unpaired) electrons. The van der Waals surface area contributed by atoms with Crippen molar-refractivity contribution in [1.82, 2.24) is 5.32 Å². The number of carbonyl (C=O) groups excluding carboxylic acids is 1. The summed E-state index contributed by atoms with van der Waals surface area (Å²) in [6.07, 6.45) is 0.472. The maximum absolute atomic E-state index is 11.9. The molecule has 0 saturated heterocycles. The fourth-order valence-electron chi connectivity index (χ4n) is 2.00. The summed E-state index contributed by atoms with van der Waals surface area (Å²) in [5, 5.41) is 11.9. The minimum absolute atomic E-state index is 0.0514. The molecule has 0 bridgehead atoms. The van der Waals surface area contributed by atoms with E-state index < -0.39 is 5.97 Å². The number of aliphatic carboxylic acids is 1. The molecule has 0 fully saturated rings. The second-order valence-corrected chi connectivity index (χ2v) is 5.27. The lowest BCUT2D eigenvalue weighted by atomic mass is 10.0. The molecule has 0 atom stereocenters. The van der Waals surface area contributed by atoms with Crippen LogP contribution >= 0.6 is 11.6 Å². The summed E-state index contributed by atoms with van der Waals surface area (Å²) in [6.45, 7) is 0.351. The predicted octanol–water partition coefficient (Wildman–Crippen LogP) is 3.60. The molecule has 0 unspecified atom stereocenters.